The number of rotatable bonds is 2. The van der Waals surface area contributed by atoms with E-state index >= 15 is 0 Å². The highest BCUT2D eigenvalue weighted by Gasteiger charge is 2.51. The van der Waals surface area contributed by atoms with Crippen molar-refractivity contribution in [2.75, 3.05) is 11.9 Å². The van der Waals surface area contributed by atoms with Gasteiger partial charge < -0.3 is 14.2 Å². The summed E-state index contributed by atoms with van der Waals surface area (Å²) < 4.78 is 49.4. The first-order chi connectivity index (χ1) is 10.3. The molecule has 1 saturated heterocycles. The van der Waals surface area contributed by atoms with Crippen molar-refractivity contribution in [1.29, 1.82) is 0 Å². The molecule has 0 N–H and O–H groups in total. The highest BCUT2D eigenvalue weighted by atomic mass is 19.4. The third kappa shape index (κ3) is 3.38. The third-order valence-electron chi connectivity index (χ3n) is 4.33. The molecule has 8 heteroatoms. The van der Waals surface area contributed by atoms with Crippen molar-refractivity contribution in [3.8, 4) is 0 Å². The molecule has 4 nitrogen and oxygen atoms in total. The Morgan fingerprint density at radius 1 is 1.13 bits per heavy atom. The van der Waals surface area contributed by atoms with E-state index in [1.54, 1.807) is 12.1 Å². The van der Waals surface area contributed by atoms with Crippen molar-refractivity contribution < 1.29 is 27.3 Å². The predicted molar refractivity (Wildman–Crippen MR) is 81.6 cm³/mol. The number of hydrogen-bond donors (Lipinski definition) is 0. The van der Waals surface area contributed by atoms with Crippen LogP contribution in [0.4, 0.5) is 18.9 Å². The van der Waals surface area contributed by atoms with Crippen LogP contribution in [0.3, 0.4) is 0 Å². The first kappa shape index (κ1) is 17.8. The van der Waals surface area contributed by atoms with Crippen LogP contribution in [-0.2, 0) is 14.1 Å². The summed E-state index contributed by atoms with van der Waals surface area (Å²) in [6, 6.07) is 6.15. The quantitative estimate of drug-likeness (QED) is 0.783. The monoisotopic (exact) mass is 329 g/mol. The van der Waals surface area contributed by atoms with Crippen LogP contribution in [-0.4, -0.2) is 37.5 Å². The zero-order chi connectivity index (χ0) is 17.6. The van der Waals surface area contributed by atoms with Crippen LogP contribution in [0.2, 0.25) is 0 Å². The molecule has 0 saturated carbocycles. The number of alkyl halides is 3. The van der Waals surface area contributed by atoms with E-state index < -0.39 is 30.4 Å². The van der Waals surface area contributed by atoms with Crippen molar-refractivity contribution in [2.24, 2.45) is 0 Å². The minimum absolute atomic E-state index is 0.125. The highest BCUT2D eigenvalue weighted by molar-refractivity contribution is 6.62. The lowest BCUT2D eigenvalue weighted by Crippen LogP contribution is -2.41. The van der Waals surface area contributed by atoms with Gasteiger partial charge in [-0.25, -0.2) is 0 Å². The molecule has 126 valence electrons. The van der Waals surface area contributed by atoms with Gasteiger partial charge in [-0.2, -0.15) is 13.2 Å². The smallest absolute Gasteiger partial charge is 0.399 e. The van der Waals surface area contributed by atoms with E-state index in [1.807, 2.05) is 27.7 Å². The van der Waals surface area contributed by atoms with Gasteiger partial charge in [0.2, 0.25) is 0 Å². The molecular weight excluding hydrogens is 310 g/mol. The summed E-state index contributed by atoms with van der Waals surface area (Å²) in [7, 11) is 0.383. The minimum atomic E-state index is -4.92. The number of amides is 1. The Bertz CT molecular complexity index is 600. The first-order valence-electron chi connectivity index (χ1n) is 7.16. The maximum Gasteiger partial charge on any atom is 0.494 e. The summed E-state index contributed by atoms with van der Waals surface area (Å²) in [6.07, 6.45) is -4.92. The standard InChI is InChI=1S/C15H19BF3NO3/c1-13(2)14(3,4)23-16(22-13)10-7-6-8-11(9-10)20(5)12(21)15(17,18)19/h6-9H,1-5H3. The Labute approximate surface area is 133 Å². The van der Waals surface area contributed by atoms with Gasteiger partial charge in [0.05, 0.1) is 11.2 Å². The van der Waals surface area contributed by atoms with Crippen LogP contribution in [0, 0.1) is 0 Å². The number of anilines is 1. The maximum absolute atomic E-state index is 12.5. The molecule has 0 aromatic heterocycles. The largest absolute Gasteiger partial charge is 0.494 e. The van der Waals surface area contributed by atoms with Crippen LogP contribution < -0.4 is 10.4 Å². The van der Waals surface area contributed by atoms with E-state index in [9.17, 15) is 18.0 Å². The fraction of sp³-hybridized carbons (Fsp3) is 0.533. The summed E-state index contributed by atoms with van der Waals surface area (Å²) in [6.45, 7) is 7.54. The van der Waals surface area contributed by atoms with E-state index in [4.69, 9.17) is 9.31 Å². The summed E-state index contributed by atoms with van der Waals surface area (Å²) in [5.74, 6) is -1.93. The van der Waals surface area contributed by atoms with E-state index in [2.05, 4.69) is 0 Å². The third-order valence-corrected chi connectivity index (χ3v) is 4.33. The average Bonchev–Trinajstić information content (AvgIpc) is 2.65. The SMILES string of the molecule is CN(C(=O)C(F)(F)F)c1cccc(B2OC(C)(C)C(C)(C)O2)c1. The van der Waals surface area contributed by atoms with Crippen molar-refractivity contribution in [2.45, 2.75) is 45.1 Å². The summed E-state index contributed by atoms with van der Waals surface area (Å²) in [5.41, 5.74) is -0.426. The molecule has 0 atom stereocenters. The Balaban J connectivity index is 2.27. The maximum atomic E-state index is 12.5. The van der Waals surface area contributed by atoms with Gasteiger partial charge in [-0.15, -0.1) is 0 Å². The lowest BCUT2D eigenvalue weighted by atomic mass is 9.79. The minimum Gasteiger partial charge on any atom is -0.399 e. The normalized spacial score (nSPS) is 19.7. The molecule has 0 bridgehead atoms. The van der Waals surface area contributed by atoms with Crippen molar-refractivity contribution in [3.63, 3.8) is 0 Å². The lowest BCUT2D eigenvalue weighted by molar-refractivity contribution is -0.170. The number of halogens is 3. The van der Waals surface area contributed by atoms with Crippen LogP contribution >= 0.6 is 0 Å². The molecule has 2 rings (SSSR count). The van der Waals surface area contributed by atoms with E-state index in [0.717, 1.165) is 7.05 Å². The Morgan fingerprint density at radius 3 is 2.13 bits per heavy atom. The summed E-state index contributed by atoms with van der Waals surface area (Å²) in [4.78, 5) is 11.9. The van der Waals surface area contributed by atoms with Gasteiger partial charge in [0.1, 0.15) is 0 Å². The van der Waals surface area contributed by atoms with Gasteiger partial charge in [-0.05, 0) is 45.3 Å². The molecule has 0 radical (unpaired) electrons. The molecule has 0 spiro atoms. The van der Waals surface area contributed by atoms with Gasteiger partial charge in [-0.3, -0.25) is 4.79 Å². The number of carbonyl (C=O) groups is 1. The van der Waals surface area contributed by atoms with Crippen LogP contribution in [0.25, 0.3) is 0 Å². The van der Waals surface area contributed by atoms with Gasteiger partial charge in [-0.1, -0.05) is 12.1 Å². The molecule has 1 aromatic carbocycles. The fourth-order valence-electron chi connectivity index (χ4n) is 2.17. The highest BCUT2D eigenvalue weighted by Crippen LogP contribution is 2.36. The molecule has 1 aliphatic heterocycles. The lowest BCUT2D eigenvalue weighted by Gasteiger charge is -2.32. The molecule has 1 heterocycles. The Hall–Kier alpha value is -1.54. The molecule has 1 aromatic rings. The van der Waals surface area contributed by atoms with Crippen LogP contribution in [0.5, 0.6) is 0 Å². The van der Waals surface area contributed by atoms with Crippen LogP contribution in [0.1, 0.15) is 27.7 Å². The van der Waals surface area contributed by atoms with Crippen molar-refractivity contribution in [3.05, 3.63) is 24.3 Å². The Kier molecular flexibility index (Phi) is 4.28. The molecule has 1 aliphatic rings. The van der Waals surface area contributed by atoms with Crippen molar-refractivity contribution in [1.82, 2.24) is 0 Å². The van der Waals surface area contributed by atoms with Gasteiger partial charge in [0.15, 0.2) is 0 Å². The van der Waals surface area contributed by atoms with Gasteiger partial charge in [0, 0.05) is 12.7 Å². The van der Waals surface area contributed by atoms with Crippen LogP contribution in [0.15, 0.2) is 24.3 Å². The second-order valence-electron chi connectivity index (χ2n) is 6.55. The van der Waals surface area contributed by atoms with Gasteiger partial charge in [0.25, 0.3) is 0 Å². The molecule has 23 heavy (non-hydrogen) atoms. The first-order valence-corrected chi connectivity index (χ1v) is 7.16. The fourth-order valence-corrected chi connectivity index (χ4v) is 2.17. The number of nitrogens with zero attached hydrogens (tertiary/aromatic N) is 1. The summed E-state index contributed by atoms with van der Waals surface area (Å²) in [5, 5.41) is 0. The van der Waals surface area contributed by atoms with Gasteiger partial charge >= 0.3 is 19.2 Å². The topological polar surface area (TPSA) is 38.8 Å². The van der Waals surface area contributed by atoms with E-state index in [-0.39, 0.29) is 5.69 Å². The van der Waals surface area contributed by atoms with Crippen molar-refractivity contribution >= 4 is 24.2 Å². The molecule has 0 aliphatic carbocycles. The zero-order valence-corrected chi connectivity index (χ0v) is 13.7. The second kappa shape index (κ2) is 5.52. The summed E-state index contributed by atoms with van der Waals surface area (Å²) >= 11 is 0. The number of hydrogen-bond acceptors (Lipinski definition) is 3. The predicted octanol–water partition coefficient (Wildman–Crippen LogP) is 2.51. The molecule has 0 unspecified atom stereocenters. The average molecular weight is 329 g/mol. The number of benzene rings is 1. The van der Waals surface area contributed by atoms with E-state index in [0.29, 0.717) is 10.4 Å². The Morgan fingerprint density at radius 2 is 1.65 bits per heavy atom. The molecular formula is C15H19BF3NO3. The van der Waals surface area contributed by atoms with E-state index in [1.165, 1.54) is 12.1 Å². The molecule has 1 fully saturated rings. The zero-order valence-electron chi connectivity index (χ0n) is 13.7. The number of carbonyl (C=O) groups excluding carboxylic acids is 1. The molecule has 1 amide bonds. The second-order valence-corrected chi connectivity index (χ2v) is 6.55.